The fourth-order valence-electron chi connectivity index (χ4n) is 1.50. The van der Waals surface area contributed by atoms with Crippen molar-refractivity contribution in [3.63, 3.8) is 0 Å². The molecule has 0 unspecified atom stereocenters. The minimum Gasteiger partial charge on any atom is -0.516 e. The van der Waals surface area contributed by atoms with Crippen LogP contribution in [0.15, 0.2) is 59.9 Å². The van der Waals surface area contributed by atoms with Crippen LogP contribution in [-0.4, -0.2) is 5.11 Å². The fourth-order valence-corrected chi connectivity index (χ4v) is 1.50. The highest BCUT2D eigenvalue weighted by molar-refractivity contribution is 5.40. The van der Waals surface area contributed by atoms with Gasteiger partial charge in [-0.05, 0) is 42.6 Å². The highest BCUT2D eigenvalue weighted by Gasteiger charge is 2.05. The van der Waals surface area contributed by atoms with E-state index in [0.717, 1.165) is 19.1 Å². The Morgan fingerprint density at radius 3 is 2.71 bits per heavy atom. The maximum atomic E-state index is 8.61. The average molecular weight is 188 g/mol. The molecule has 0 amide bonds. The maximum absolute atomic E-state index is 8.61. The van der Waals surface area contributed by atoms with Crippen LogP contribution < -0.4 is 0 Å². The van der Waals surface area contributed by atoms with Crippen LogP contribution in [0.25, 0.3) is 0 Å². The lowest BCUT2D eigenvalue weighted by Crippen LogP contribution is -1.93. The Morgan fingerprint density at radius 2 is 2.21 bits per heavy atom. The van der Waals surface area contributed by atoms with E-state index >= 15 is 0 Å². The number of aliphatic hydroxyl groups is 1. The van der Waals surface area contributed by atoms with E-state index < -0.39 is 0 Å². The first-order valence-electron chi connectivity index (χ1n) is 4.78. The molecule has 0 heterocycles. The molecule has 0 saturated carbocycles. The zero-order chi connectivity index (χ0) is 10.4. The van der Waals surface area contributed by atoms with Crippen LogP contribution in [0.4, 0.5) is 0 Å². The Hall–Kier alpha value is -1.50. The highest BCUT2D eigenvalue weighted by atomic mass is 16.2. The van der Waals surface area contributed by atoms with E-state index in [2.05, 4.69) is 19.6 Å². The largest absolute Gasteiger partial charge is 0.516 e. The van der Waals surface area contributed by atoms with E-state index in [-0.39, 0.29) is 0 Å². The Bertz CT molecular complexity index is 327. The quantitative estimate of drug-likeness (QED) is 0.527. The molecule has 0 saturated heterocycles. The summed E-state index contributed by atoms with van der Waals surface area (Å²) in [6, 6.07) is 0. The summed E-state index contributed by atoms with van der Waals surface area (Å²) in [5.41, 5.74) is 3.78. The van der Waals surface area contributed by atoms with Crippen LogP contribution in [0.2, 0.25) is 0 Å². The Kier molecular flexibility index (Phi) is 3.99. The van der Waals surface area contributed by atoms with Crippen molar-refractivity contribution in [3.8, 4) is 0 Å². The standard InChI is InChI=1S/C13H16O/c1-3-4-11(2)13-7-5-12(6-8-13)9-10-14/h3-5,7,9-10,14H,1,6,8H2,2H3/b10-9+,11-4+. The Labute approximate surface area is 85.5 Å². The van der Waals surface area contributed by atoms with Crippen molar-refractivity contribution in [1.82, 2.24) is 0 Å². The molecule has 0 aromatic rings. The second-order valence-electron chi connectivity index (χ2n) is 3.33. The summed E-state index contributed by atoms with van der Waals surface area (Å²) in [5, 5.41) is 8.61. The molecule has 1 aliphatic carbocycles. The normalized spacial score (nSPS) is 17.9. The molecule has 1 heteroatoms. The molecular weight excluding hydrogens is 172 g/mol. The van der Waals surface area contributed by atoms with Gasteiger partial charge in [-0.25, -0.2) is 0 Å². The summed E-state index contributed by atoms with van der Waals surface area (Å²) in [7, 11) is 0. The van der Waals surface area contributed by atoms with Crippen molar-refractivity contribution in [1.29, 1.82) is 0 Å². The van der Waals surface area contributed by atoms with E-state index in [9.17, 15) is 0 Å². The van der Waals surface area contributed by atoms with Crippen molar-refractivity contribution in [2.75, 3.05) is 0 Å². The Balaban J connectivity index is 2.78. The van der Waals surface area contributed by atoms with Gasteiger partial charge in [-0.15, -0.1) is 0 Å². The second kappa shape index (κ2) is 5.28. The number of hydrogen-bond acceptors (Lipinski definition) is 1. The van der Waals surface area contributed by atoms with Gasteiger partial charge in [0, 0.05) is 0 Å². The van der Waals surface area contributed by atoms with Crippen LogP contribution >= 0.6 is 0 Å². The molecule has 0 spiro atoms. The van der Waals surface area contributed by atoms with Crippen LogP contribution in [0.1, 0.15) is 19.8 Å². The first-order chi connectivity index (χ1) is 6.77. The molecule has 74 valence electrons. The van der Waals surface area contributed by atoms with Gasteiger partial charge in [0.1, 0.15) is 0 Å². The minimum absolute atomic E-state index is 0.991. The molecule has 0 bridgehead atoms. The molecule has 1 N–H and O–H groups in total. The summed E-state index contributed by atoms with van der Waals surface area (Å²) in [5.74, 6) is 0. The molecule has 1 nitrogen and oxygen atoms in total. The monoisotopic (exact) mass is 188 g/mol. The molecule has 0 fully saturated rings. The lowest BCUT2D eigenvalue weighted by molar-refractivity contribution is 0.473. The molecule has 0 atom stereocenters. The molecule has 1 rings (SSSR count). The molecular formula is C13H16O. The first-order valence-corrected chi connectivity index (χ1v) is 4.78. The van der Waals surface area contributed by atoms with E-state index in [1.807, 2.05) is 18.2 Å². The molecule has 14 heavy (non-hydrogen) atoms. The Morgan fingerprint density at radius 1 is 1.43 bits per heavy atom. The van der Waals surface area contributed by atoms with Crippen LogP contribution in [-0.2, 0) is 0 Å². The van der Waals surface area contributed by atoms with Gasteiger partial charge >= 0.3 is 0 Å². The lowest BCUT2D eigenvalue weighted by atomic mass is 9.94. The van der Waals surface area contributed by atoms with Crippen molar-refractivity contribution in [2.45, 2.75) is 19.8 Å². The summed E-state index contributed by atoms with van der Waals surface area (Å²) in [4.78, 5) is 0. The third kappa shape index (κ3) is 2.77. The van der Waals surface area contributed by atoms with Crippen LogP contribution in [0.3, 0.4) is 0 Å². The van der Waals surface area contributed by atoms with Crippen LogP contribution in [0.5, 0.6) is 0 Å². The lowest BCUT2D eigenvalue weighted by Gasteiger charge is -2.12. The van der Waals surface area contributed by atoms with E-state index in [1.54, 1.807) is 6.08 Å². The van der Waals surface area contributed by atoms with Gasteiger partial charge in [-0.2, -0.15) is 0 Å². The van der Waals surface area contributed by atoms with E-state index in [0.29, 0.717) is 0 Å². The number of aliphatic hydroxyl groups excluding tert-OH is 1. The summed E-state index contributed by atoms with van der Waals surface area (Å²) >= 11 is 0. The van der Waals surface area contributed by atoms with Crippen molar-refractivity contribution in [3.05, 3.63) is 59.9 Å². The van der Waals surface area contributed by atoms with Gasteiger partial charge in [0.2, 0.25) is 0 Å². The molecule has 0 radical (unpaired) electrons. The summed E-state index contributed by atoms with van der Waals surface area (Å²) < 4.78 is 0. The van der Waals surface area contributed by atoms with Gasteiger partial charge in [0.15, 0.2) is 0 Å². The predicted octanol–water partition coefficient (Wildman–Crippen LogP) is 3.84. The molecule has 0 aromatic heterocycles. The van der Waals surface area contributed by atoms with Gasteiger partial charge in [0.25, 0.3) is 0 Å². The zero-order valence-electron chi connectivity index (χ0n) is 8.53. The molecule has 1 aliphatic rings. The number of allylic oxidation sites excluding steroid dienone is 8. The van der Waals surface area contributed by atoms with Gasteiger partial charge in [-0.1, -0.05) is 30.9 Å². The second-order valence-corrected chi connectivity index (χ2v) is 3.33. The van der Waals surface area contributed by atoms with Gasteiger partial charge in [0.05, 0.1) is 6.26 Å². The summed E-state index contributed by atoms with van der Waals surface area (Å²) in [6.07, 6.45) is 12.8. The predicted molar refractivity (Wildman–Crippen MR) is 61.1 cm³/mol. The van der Waals surface area contributed by atoms with Crippen LogP contribution in [0, 0.1) is 0 Å². The first kappa shape index (κ1) is 10.6. The maximum Gasteiger partial charge on any atom is 0.0794 e. The fraction of sp³-hybridized carbons (Fsp3) is 0.231. The van der Waals surface area contributed by atoms with Crippen molar-refractivity contribution in [2.24, 2.45) is 0 Å². The number of hydrogen-bond donors (Lipinski definition) is 1. The topological polar surface area (TPSA) is 20.2 Å². The summed E-state index contributed by atoms with van der Waals surface area (Å²) in [6.45, 7) is 5.77. The zero-order valence-corrected chi connectivity index (χ0v) is 8.53. The third-order valence-electron chi connectivity index (χ3n) is 2.34. The van der Waals surface area contributed by atoms with Gasteiger partial charge in [-0.3, -0.25) is 0 Å². The van der Waals surface area contributed by atoms with E-state index in [4.69, 9.17) is 5.11 Å². The number of rotatable bonds is 3. The van der Waals surface area contributed by atoms with E-state index in [1.165, 1.54) is 16.7 Å². The van der Waals surface area contributed by atoms with Crippen molar-refractivity contribution < 1.29 is 5.11 Å². The average Bonchev–Trinajstić information content (AvgIpc) is 2.20. The van der Waals surface area contributed by atoms with Crippen molar-refractivity contribution >= 4 is 0 Å². The third-order valence-corrected chi connectivity index (χ3v) is 2.34. The molecule has 0 aromatic carbocycles. The highest BCUT2D eigenvalue weighted by Crippen LogP contribution is 2.24. The smallest absolute Gasteiger partial charge is 0.0794 e. The minimum atomic E-state index is 0.991. The van der Waals surface area contributed by atoms with Gasteiger partial charge < -0.3 is 5.11 Å². The molecule has 0 aliphatic heterocycles. The SMILES string of the molecule is C=C/C=C(\C)C1=CC=C(/C=C/O)CC1.